The molecule has 0 saturated carbocycles. The molecule has 1 fully saturated rings. The molecule has 1 unspecified atom stereocenters. The van der Waals surface area contributed by atoms with Crippen LogP contribution in [0.15, 0.2) is 28.3 Å². The first-order valence-electron chi connectivity index (χ1n) is 8.80. The van der Waals surface area contributed by atoms with Crippen molar-refractivity contribution in [2.75, 3.05) is 18.4 Å². The van der Waals surface area contributed by atoms with Crippen LogP contribution in [0.3, 0.4) is 0 Å². The van der Waals surface area contributed by atoms with Crippen LogP contribution in [0.1, 0.15) is 35.7 Å². The Kier molecular flexibility index (Phi) is 5.11. The second-order valence-corrected chi connectivity index (χ2v) is 7.03. The summed E-state index contributed by atoms with van der Waals surface area (Å²) in [6.45, 7) is 8.89. The molecule has 3 rings (SSSR count). The molecular weight excluding hydrogens is 333 g/mol. The van der Waals surface area contributed by atoms with Gasteiger partial charge in [-0.3, -0.25) is 5.32 Å². The summed E-state index contributed by atoms with van der Waals surface area (Å²) in [6.07, 6.45) is 2.80. The first-order valence-corrected chi connectivity index (χ1v) is 8.80. The number of benzene rings is 1. The molecule has 1 aliphatic rings. The predicted octanol–water partition coefficient (Wildman–Crippen LogP) is 4.70. The van der Waals surface area contributed by atoms with Crippen molar-refractivity contribution in [1.82, 2.24) is 10.1 Å². The van der Waals surface area contributed by atoms with Gasteiger partial charge in [0.25, 0.3) is 0 Å². The maximum Gasteiger partial charge on any atom is 0.324 e. The number of nitrogens with one attached hydrogen (secondary N) is 1. The first-order chi connectivity index (χ1) is 12.3. The van der Waals surface area contributed by atoms with Crippen molar-refractivity contribution in [2.24, 2.45) is 5.92 Å². The largest absolute Gasteiger partial charge is 0.338 e. The maximum atomic E-state index is 13.6. The molecule has 1 aromatic carbocycles. The number of amides is 2. The number of nitrogens with zero attached hydrogens (tertiary/aromatic N) is 2. The molecule has 2 amide bonds. The zero-order valence-corrected chi connectivity index (χ0v) is 15.6. The van der Waals surface area contributed by atoms with Gasteiger partial charge in [-0.15, -0.1) is 0 Å². The van der Waals surface area contributed by atoms with Crippen molar-refractivity contribution >= 4 is 18.0 Å². The van der Waals surface area contributed by atoms with E-state index in [2.05, 4.69) is 17.4 Å². The average Bonchev–Trinajstić information content (AvgIpc) is 2.88. The summed E-state index contributed by atoms with van der Waals surface area (Å²) < 4.78 is 18.7. The molecule has 1 aromatic heterocycles. The third-order valence-electron chi connectivity index (χ3n) is 4.88. The standard InChI is InChI=1S/C20H24FN3O2/c1-12-7-16(10-18(21)8-12)9-17-5-6-24(11-13(17)2)20(25)22-19-14(3)15(4)23-26-19/h7-10,13H,5-6,11H2,1-4H3,(H,22,25)/b17-9+. The normalized spacial score (nSPS) is 19.0. The molecule has 0 aliphatic carbocycles. The zero-order valence-electron chi connectivity index (χ0n) is 15.6. The molecule has 1 atom stereocenters. The number of halogens is 1. The lowest BCUT2D eigenvalue weighted by Gasteiger charge is -2.33. The summed E-state index contributed by atoms with van der Waals surface area (Å²) in [5, 5.41) is 6.64. The Morgan fingerprint density at radius 2 is 2.12 bits per heavy atom. The van der Waals surface area contributed by atoms with Crippen LogP contribution in [0.25, 0.3) is 6.08 Å². The monoisotopic (exact) mass is 357 g/mol. The van der Waals surface area contributed by atoms with Crippen LogP contribution in [-0.2, 0) is 0 Å². The van der Waals surface area contributed by atoms with E-state index in [1.807, 2.05) is 32.9 Å². The second kappa shape index (κ2) is 7.32. The fourth-order valence-electron chi connectivity index (χ4n) is 3.22. The van der Waals surface area contributed by atoms with Crippen molar-refractivity contribution in [3.8, 4) is 0 Å². The van der Waals surface area contributed by atoms with Gasteiger partial charge in [0.2, 0.25) is 5.88 Å². The lowest BCUT2D eigenvalue weighted by atomic mass is 9.91. The number of likely N-dealkylation sites (tertiary alicyclic amines) is 1. The number of piperidine rings is 1. The van der Waals surface area contributed by atoms with E-state index in [0.29, 0.717) is 19.0 Å². The highest BCUT2D eigenvalue weighted by molar-refractivity contribution is 5.88. The Balaban J connectivity index is 1.67. The van der Waals surface area contributed by atoms with Crippen LogP contribution in [0.2, 0.25) is 0 Å². The highest BCUT2D eigenvalue weighted by Gasteiger charge is 2.25. The summed E-state index contributed by atoms with van der Waals surface area (Å²) >= 11 is 0. The van der Waals surface area contributed by atoms with Gasteiger partial charge in [0.1, 0.15) is 5.82 Å². The topological polar surface area (TPSA) is 58.4 Å². The van der Waals surface area contributed by atoms with Gasteiger partial charge in [-0.25, -0.2) is 9.18 Å². The Morgan fingerprint density at radius 3 is 2.73 bits per heavy atom. The summed E-state index contributed by atoms with van der Waals surface area (Å²) in [6, 6.07) is 4.85. The number of urea groups is 1. The van der Waals surface area contributed by atoms with E-state index >= 15 is 0 Å². The highest BCUT2D eigenvalue weighted by atomic mass is 19.1. The number of anilines is 1. The molecule has 2 aromatic rings. The minimum atomic E-state index is -0.223. The Morgan fingerprint density at radius 1 is 1.35 bits per heavy atom. The molecule has 26 heavy (non-hydrogen) atoms. The maximum absolute atomic E-state index is 13.6. The van der Waals surface area contributed by atoms with Gasteiger partial charge in [0, 0.05) is 18.7 Å². The Hall–Kier alpha value is -2.63. The van der Waals surface area contributed by atoms with Crippen LogP contribution in [0, 0.1) is 32.5 Å². The molecule has 0 radical (unpaired) electrons. The fourth-order valence-corrected chi connectivity index (χ4v) is 3.22. The quantitative estimate of drug-likeness (QED) is 0.848. The number of hydrogen-bond donors (Lipinski definition) is 1. The fraction of sp³-hybridized carbons (Fsp3) is 0.400. The van der Waals surface area contributed by atoms with Crippen molar-refractivity contribution < 1.29 is 13.7 Å². The van der Waals surface area contributed by atoms with Crippen LogP contribution in [-0.4, -0.2) is 29.2 Å². The molecular formula is C20H24FN3O2. The molecule has 0 bridgehead atoms. The third kappa shape index (κ3) is 3.95. The molecule has 1 aliphatic heterocycles. The SMILES string of the molecule is Cc1cc(F)cc(/C=C2\CCN(C(=O)Nc3onc(C)c3C)CC2C)c1. The van der Waals surface area contributed by atoms with Crippen LogP contribution in [0.4, 0.5) is 15.1 Å². The van der Waals surface area contributed by atoms with Gasteiger partial charge in [-0.1, -0.05) is 29.8 Å². The molecule has 1 N–H and O–H groups in total. The van der Waals surface area contributed by atoms with Gasteiger partial charge in [0.05, 0.1) is 5.69 Å². The minimum Gasteiger partial charge on any atom is -0.338 e. The lowest BCUT2D eigenvalue weighted by Crippen LogP contribution is -2.42. The highest BCUT2D eigenvalue weighted by Crippen LogP contribution is 2.26. The lowest BCUT2D eigenvalue weighted by molar-refractivity contribution is 0.197. The first kappa shape index (κ1) is 18.2. The number of aromatic nitrogens is 1. The van der Waals surface area contributed by atoms with Gasteiger partial charge < -0.3 is 9.42 Å². The number of carbonyl (C=O) groups excluding carboxylic acids is 1. The van der Waals surface area contributed by atoms with E-state index in [-0.39, 0.29) is 17.8 Å². The Labute approximate surface area is 152 Å². The minimum absolute atomic E-state index is 0.184. The summed E-state index contributed by atoms with van der Waals surface area (Å²) in [5.41, 5.74) is 4.60. The second-order valence-electron chi connectivity index (χ2n) is 7.03. The average molecular weight is 357 g/mol. The third-order valence-corrected chi connectivity index (χ3v) is 4.88. The van der Waals surface area contributed by atoms with Gasteiger partial charge >= 0.3 is 6.03 Å². The summed E-state index contributed by atoms with van der Waals surface area (Å²) in [5.74, 6) is 0.381. The van der Waals surface area contributed by atoms with E-state index < -0.39 is 0 Å². The predicted molar refractivity (Wildman–Crippen MR) is 99.5 cm³/mol. The molecule has 138 valence electrons. The van der Waals surface area contributed by atoms with E-state index in [1.54, 1.807) is 11.0 Å². The van der Waals surface area contributed by atoms with Crippen molar-refractivity contribution in [3.63, 3.8) is 0 Å². The van der Waals surface area contributed by atoms with Gasteiger partial charge in [-0.2, -0.15) is 0 Å². The van der Waals surface area contributed by atoms with E-state index in [4.69, 9.17) is 4.52 Å². The number of hydrogen-bond acceptors (Lipinski definition) is 3. The molecule has 6 heteroatoms. The summed E-state index contributed by atoms with van der Waals surface area (Å²) in [7, 11) is 0. The van der Waals surface area contributed by atoms with Crippen molar-refractivity contribution in [1.29, 1.82) is 0 Å². The molecule has 0 spiro atoms. The molecule has 2 heterocycles. The van der Waals surface area contributed by atoms with Gasteiger partial charge in [0.15, 0.2) is 0 Å². The smallest absolute Gasteiger partial charge is 0.324 e. The Bertz CT molecular complexity index is 836. The zero-order chi connectivity index (χ0) is 18.8. The van der Waals surface area contributed by atoms with Crippen molar-refractivity contribution in [3.05, 3.63) is 52.0 Å². The van der Waals surface area contributed by atoms with E-state index in [9.17, 15) is 9.18 Å². The number of aryl methyl sites for hydroxylation is 2. The van der Waals surface area contributed by atoms with E-state index in [0.717, 1.165) is 28.8 Å². The van der Waals surface area contributed by atoms with Crippen LogP contribution < -0.4 is 5.32 Å². The van der Waals surface area contributed by atoms with Crippen LogP contribution >= 0.6 is 0 Å². The van der Waals surface area contributed by atoms with Crippen LogP contribution in [0.5, 0.6) is 0 Å². The molecule has 1 saturated heterocycles. The van der Waals surface area contributed by atoms with Crippen molar-refractivity contribution in [2.45, 2.75) is 34.1 Å². The summed E-state index contributed by atoms with van der Waals surface area (Å²) in [4.78, 5) is 14.3. The number of rotatable bonds is 2. The van der Waals surface area contributed by atoms with Gasteiger partial charge in [-0.05, 0) is 56.4 Å². The van der Waals surface area contributed by atoms with E-state index in [1.165, 1.54) is 11.6 Å². The molecule has 5 nitrogen and oxygen atoms in total. The number of carbonyl (C=O) groups is 1.